The SMILES string of the molecule is CCCCC(NC)C12CC3CC(C)(CC(C)(C3)C1)C2. The van der Waals surface area contributed by atoms with Gasteiger partial charge in [-0.15, -0.1) is 0 Å². The largest absolute Gasteiger partial charge is 0.316 e. The van der Waals surface area contributed by atoms with Crippen molar-refractivity contribution in [1.82, 2.24) is 5.32 Å². The third-order valence-electron chi connectivity index (χ3n) is 6.60. The van der Waals surface area contributed by atoms with E-state index in [4.69, 9.17) is 0 Å². The van der Waals surface area contributed by atoms with Crippen molar-refractivity contribution in [2.45, 2.75) is 84.6 Å². The van der Waals surface area contributed by atoms with Gasteiger partial charge in [0.15, 0.2) is 0 Å². The number of hydrogen-bond donors (Lipinski definition) is 1. The van der Waals surface area contributed by atoms with E-state index in [2.05, 4.69) is 33.1 Å². The van der Waals surface area contributed by atoms with E-state index in [0.29, 0.717) is 16.2 Å². The second kappa shape index (κ2) is 4.48. The first-order valence-corrected chi connectivity index (χ1v) is 8.60. The molecule has 0 amide bonds. The molecular weight excluding hydrogens is 230 g/mol. The van der Waals surface area contributed by atoms with E-state index in [-0.39, 0.29) is 0 Å². The molecule has 1 heteroatoms. The summed E-state index contributed by atoms with van der Waals surface area (Å²) in [4.78, 5) is 0. The molecule has 4 aliphatic carbocycles. The molecule has 0 heterocycles. The third kappa shape index (κ3) is 2.26. The second-order valence-electron chi connectivity index (χ2n) is 8.98. The molecule has 3 atom stereocenters. The molecule has 0 radical (unpaired) electrons. The van der Waals surface area contributed by atoms with Crippen molar-refractivity contribution in [1.29, 1.82) is 0 Å². The molecule has 4 rings (SSSR count). The standard InChI is InChI=1S/C18H33N/c1-5-6-7-15(19-4)18-10-14-8-16(2,12-18)11-17(3,9-14)13-18/h14-15,19H,5-13H2,1-4H3. The van der Waals surface area contributed by atoms with E-state index in [1.165, 1.54) is 57.8 Å². The van der Waals surface area contributed by atoms with Crippen molar-refractivity contribution in [3.05, 3.63) is 0 Å². The molecular formula is C18H33N. The van der Waals surface area contributed by atoms with Gasteiger partial charge in [0.1, 0.15) is 0 Å². The van der Waals surface area contributed by atoms with Crippen molar-refractivity contribution in [2.24, 2.45) is 22.2 Å². The summed E-state index contributed by atoms with van der Waals surface area (Å²) in [5, 5.41) is 3.73. The Balaban J connectivity index is 1.86. The Bertz CT molecular complexity index is 330. The Morgan fingerprint density at radius 3 is 2.16 bits per heavy atom. The Morgan fingerprint density at radius 2 is 1.68 bits per heavy atom. The maximum absolute atomic E-state index is 3.73. The molecule has 4 fully saturated rings. The smallest absolute Gasteiger partial charge is 0.0121 e. The van der Waals surface area contributed by atoms with Crippen LogP contribution in [0.15, 0.2) is 0 Å². The van der Waals surface area contributed by atoms with Gasteiger partial charge in [-0.2, -0.15) is 0 Å². The Kier molecular flexibility index (Phi) is 3.28. The molecule has 0 aliphatic heterocycles. The van der Waals surface area contributed by atoms with Crippen LogP contribution < -0.4 is 5.32 Å². The van der Waals surface area contributed by atoms with Gasteiger partial charge in [-0.3, -0.25) is 0 Å². The normalized spacial score (nSPS) is 49.6. The summed E-state index contributed by atoms with van der Waals surface area (Å²) in [7, 11) is 2.21. The number of rotatable bonds is 5. The van der Waals surface area contributed by atoms with E-state index in [1.807, 2.05) is 0 Å². The summed E-state index contributed by atoms with van der Waals surface area (Å²) in [5.41, 5.74) is 1.96. The highest BCUT2D eigenvalue weighted by atomic mass is 14.9. The average Bonchev–Trinajstić information content (AvgIpc) is 2.24. The fourth-order valence-electron chi connectivity index (χ4n) is 7.09. The quantitative estimate of drug-likeness (QED) is 0.754. The molecule has 4 aliphatic rings. The van der Waals surface area contributed by atoms with Crippen LogP contribution in [-0.2, 0) is 0 Å². The molecule has 0 spiro atoms. The zero-order valence-corrected chi connectivity index (χ0v) is 13.5. The molecule has 0 saturated heterocycles. The average molecular weight is 263 g/mol. The minimum absolute atomic E-state index is 0.632. The van der Waals surface area contributed by atoms with Crippen molar-refractivity contribution in [3.63, 3.8) is 0 Å². The zero-order chi connectivity index (χ0) is 13.7. The second-order valence-corrected chi connectivity index (χ2v) is 8.98. The predicted molar refractivity (Wildman–Crippen MR) is 82.2 cm³/mol. The van der Waals surface area contributed by atoms with Gasteiger partial charge >= 0.3 is 0 Å². The van der Waals surface area contributed by atoms with Crippen molar-refractivity contribution < 1.29 is 0 Å². The van der Waals surface area contributed by atoms with E-state index in [9.17, 15) is 0 Å². The van der Waals surface area contributed by atoms with Gasteiger partial charge in [0.05, 0.1) is 0 Å². The van der Waals surface area contributed by atoms with Crippen molar-refractivity contribution in [2.75, 3.05) is 7.05 Å². The van der Waals surface area contributed by atoms with E-state index < -0.39 is 0 Å². The van der Waals surface area contributed by atoms with Gasteiger partial charge in [-0.25, -0.2) is 0 Å². The highest BCUT2D eigenvalue weighted by molar-refractivity contribution is 5.13. The molecule has 0 aromatic rings. The van der Waals surface area contributed by atoms with E-state index >= 15 is 0 Å². The monoisotopic (exact) mass is 263 g/mol. The lowest BCUT2D eigenvalue weighted by atomic mass is 9.39. The first-order chi connectivity index (χ1) is 8.93. The van der Waals surface area contributed by atoms with Crippen LogP contribution in [0.25, 0.3) is 0 Å². The maximum atomic E-state index is 3.73. The van der Waals surface area contributed by atoms with Crippen LogP contribution in [0, 0.1) is 22.2 Å². The van der Waals surface area contributed by atoms with Crippen LogP contribution in [-0.4, -0.2) is 13.1 Å². The highest BCUT2D eigenvalue weighted by Gasteiger charge is 2.61. The molecule has 0 aromatic heterocycles. The van der Waals surface area contributed by atoms with E-state index in [0.717, 1.165) is 12.0 Å². The summed E-state index contributed by atoms with van der Waals surface area (Å²) >= 11 is 0. The fraction of sp³-hybridized carbons (Fsp3) is 1.00. The van der Waals surface area contributed by atoms with Crippen LogP contribution in [0.5, 0.6) is 0 Å². The number of nitrogens with one attached hydrogen (secondary N) is 1. The maximum Gasteiger partial charge on any atom is 0.0121 e. The summed E-state index contributed by atoms with van der Waals surface area (Å²) in [6.07, 6.45) is 13.2. The molecule has 110 valence electrons. The first-order valence-electron chi connectivity index (χ1n) is 8.60. The molecule has 19 heavy (non-hydrogen) atoms. The van der Waals surface area contributed by atoms with Crippen LogP contribution in [0.3, 0.4) is 0 Å². The highest BCUT2D eigenvalue weighted by Crippen LogP contribution is 2.70. The van der Waals surface area contributed by atoms with Crippen LogP contribution in [0.4, 0.5) is 0 Å². The van der Waals surface area contributed by atoms with Gasteiger partial charge in [-0.1, -0.05) is 33.6 Å². The van der Waals surface area contributed by atoms with Crippen molar-refractivity contribution >= 4 is 0 Å². The van der Waals surface area contributed by atoms with Gasteiger partial charge < -0.3 is 5.32 Å². The number of hydrogen-bond acceptors (Lipinski definition) is 1. The van der Waals surface area contributed by atoms with Crippen molar-refractivity contribution in [3.8, 4) is 0 Å². The summed E-state index contributed by atoms with van der Waals surface area (Å²) in [6, 6.07) is 0.773. The Hall–Kier alpha value is -0.0400. The van der Waals surface area contributed by atoms with Gasteiger partial charge in [0, 0.05) is 6.04 Å². The minimum Gasteiger partial charge on any atom is -0.316 e. The lowest BCUT2D eigenvalue weighted by Gasteiger charge is -2.67. The molecule has 1 nitrogen and oxygen atoms in total. The zero-order valence-electron chi connectivity index (χ0n) is 13.5. The molecule has 4 saturated carbocycles. The van der Waals surface area contributed by atoms with Gasteiger partial charge in [0.2, 0.25) is 0 Å². The van der Waals surface area contributed by atoms with Crippen LogP contribution >= 0.6 is 0 Å². The van der Waals surface area contributed by atoms with Gasteiger partial charge in [-0.05, 0) is 74.2 Å². The first kappa shape index (κ1) is 13.9. The Morgan fingerprint density at radius 1 is 1.05 bits per heavy atom. The summed E-state index contributed by atoms with van der Waals surface area (Å²) in [6.45, 7) is 7.52. The summed E-state index contributed by atoms with van der Waals surface area (Å²) in [5.74, 6) is 1.03. The number of unbranched alkanes of at least 4 members (excludes halogenated alkanes) is 1. The third-order valence-corrected chi connectivity index (χ3v) is 6.60. The summed E-state index contributed by atoms with van der Waals surface area (Å²) < 4.78 is 0. The molecule has 0 aromatic carbocycles. The molecule has 4 bridgehead atoms. The lowest BCUT2D eigenvalue weighted by molar-refractivity contribution is -0.158. The van der Waals surface area contributed by atoms with Gasteiger partial charge in [0.25, 0.3) is 0 Å². The topological polar surface area (TPSA) is 12.0 Å². The fourth-order valence-corrected chi connectivity index (χ4v) is 7.09. The molecule has 1 N–H and O–H groups in total. The minimum atomic E-state index is 0.632. The Labute approximate surface area is 119 Å². The van der Waals surface area contributed by atoms with Crippen LogP contribution in [0.1, 0.15) is 78.6 Å². The van der Waals surface area contributed by atoms with E-state index in [1.54, 1.807) is 0 Å². The lowest BCUT2D eigenvalue weighted by Crippen LogP contribution is -2.61. The predicted octanol–water partition coefficient (Wildman–Crippen LogP) is 4.76. The molecule has 3 unspecified atom stereocenters. The van der Waals surface area contributed by atoms with Crippen LogP contribution in [0.2, 0.25) is 0 Å².